The summed E-state index contributed by atoms with van der Waals surface area (Å²) >= 11 is 1.61. The largest absolute Gasteiger partial charge is 0.364 e. The second kappa shape index (κ2) is 3.63. The molecule has 0 aliphatic rings. The molecule has 0 saturated heterocycles. The van der Waals surface area contributed by atoms with Crippen LogP contribution in [0.4, 0.5) is 0 Å². The number of nitrogens with zero attached hydrogens (tertiary/aromatic N) is 2. The number of imidazole rings is 1. The zero-order chi connectivity index (χ0) is 7.40. The first kappa shape index (κ1) is 7.63. The Morgan fingerprint density at radius 2 is 2.60 bits per heavy atom. The summed E-state index contributed by atoms with van der Waals surface area (Å²) < 4.78 is 6.89. The molecule has 10 heavy (non-hydrogen) atoms. The topological polar surface area (TPSA) is 27.1 Å². The highest BCUT2D eigenvalue weighted by Gasteiger charge is 1.97. The van der Waals surface area contributed by atoms with Crippen LogP contribution < -0.4 is 0 Å². The van der Waals surface area contributed by atoms with Gasteiger partial charge in [-0.3, -0.25) is 0 Å². The molecule has 1 rings (SSSR count). The molecular formula is C6H10N2OS. The quantitative estimate of drug-likeness (QED) is 0.619. The molecule has 0 amide bonds. The molecule has 0 aromatic carbocycles. The van der Waals surface area contributed by atoms with Crippen LogP contribution in [0.3, 0.4) is 0 Å². The van der Waals surface area contributed by atoms with Crippen molar-refractivity contribution >= 4 is 11.8 Å². The lowest BCUT2D eigenvalue weighted by Gasteiger charge is -2.01. The van der Waals surface area contributed by atoms with Gasteiger partial charge in [0, 0.05) is 19.5 Å². The summed E-state index contributed by atoms with van der Waals surface area (Å²) in [5.41, 5.74) is 0. The first-order valence-electron chi connectivity index (χ1n) is 2.92. The fraction of sp³-hybridized carbons (Fsp3) is 0.500. The molecule has 0 radical (unpaired) electrons. The van der Waals surface area contributed by atoms with Crippen molar-refractivity contribution in [1.29, 1.82) is 0 Å². The van der Waals surface area contributed by atoms with E-state index in [2.05, 4.69) is 4.98 Å². The van der Waals surface area contributed by atoms with Crippen molar-refractivity contribution in [1.82, 2.24) is 9.55 Å². The molecule has 0 aliphatic carbocycles. The fourth-order valence-electron chi connectivity index (χ4n) is 0.723. The van der Waals surface area contributed by atoms with E-state index in [1.54, 1.807) is 25.1 Å². The molecule has 1 heterocycles. The Kier molecular flexibility index (Phi) is 2.77. The van der Waals surface area contributed by atoms with Crippen LogP contribution in [0, 0.1) is 0 Å². The molecular weight excluding hydrogens is 148 g/mol. The Hall–Kier alpha value is -0.480. The first-order valence-corrected chi connectivity index (χ1v) is 4.15. The molecule has 4 heteroatoms. The van der Waals surface area contributed by atoms with E-state index in [1.807, 2.05) is 17.0 Å². The smallest absolute Gasteiger partial charge is 0.169 e. The van der Waals surface area contributed by atoms with Crippen molar-refractivity contribution in [2.24, 2.45) is 0 Å². The van der Waals surface area contributed by atoms with Crippen LogP contribution in [0.2, 0.25) is 0 Å². The van der Waals surface area contributed by atoms with E-state index >= 15 is 0 Å². The zero-order valence-electron chi connectivity index (χ0n) is 6.07. The van der Waals surface area contributed by atoms with Gasteiger partial charge >= 0.3 is 0 Å². The predicted octanol–water partition coefficient (Wildman–Crippen LogP) is 1.21. The number of aromatic nitrogens is 2. The molecule has 0 spiro atoms. The van der Waals surface area contributed by atoms with Gasteiger partial charge in [-0.1, -0.05) is 11.8 Å². The van der Waals surface area contributed by atoms with E-state index in [9.17, 15) is 0 Å². The average molecular weight is 158 g/mol. The fourth-order valence-corrected chi connectivity index (χ4v) is 1.24. The first-order chi connectivity index (χ1) is 4.88. The highest BCUT2D eigenvalue weighted by molar-refractivity contribution is 7.98. The molecule has 3 nitrogen and oxygen atoms in total. The monoisotopic (exact) mass is 158 g/mol. The van der Waals surface area contributed by atoms with Crippen LogP contribution in [-0.4, -0.2) is 22.9 Å². The van der Waals surface area contributed by atoms with E-state index in [4.69, 9.17) is 4.74 Å². The number of hydrogen-bond donors (Lipinski definition) is 0. The van der Waals surface area contributed by atoms with Crippen LogP contribution in [-0.2, 0) is 11.5 Å². The maximum atomic E-state index is 4.94. The normalized spacial score (nSPS) is 10.2. The maximum absolute atomic E-state index is 4.94. The van der Waals surface area contributed by atoms with Crippen LogP contribution in [0.15, 0.2) is 17.6 Å². The molecule has 1 aromatic rings. The number of ether oxygens (including phenoxy) is 1. The minimum absolute atomic E-state index is 0.580. The lowest BCUT2D eigenvalue weighted by molar-refractivity contribution is 0.124. The molecule has 0 aliphatic heterocycles. The van der Waals surface area contributed by atoms with Gasteiger partial charge in [-0.2, -0.15) is 0 Å². The van der Waals surface area contributed by atoms with Crippen molar-refractivity contribution in [2.75, 3.05) is 13.4 Å². The second-order valence-corrected chi connectivity index (χ2v) is 2.57. The summed E-state index contributed by atoms with van der Waals surface area (Å²) in [6, 6.07) is 0. The molecule has 56 valence electrons. The third-order valence-corrected chi connectivity index (χ3v) is 1.83. The van der Waals surface area contributed by atoms with Crippen LogP contribution in [0.5, 0.6) is 0 Å². The van der Waals surface area contributed by atoms with Crippen LogP contribution in [0.25, 0.3) is 0 Å². The molecule has 0 unspecified atom stereocenters. The molecule has 0 atom stereocenters. The van der Waals surface area contributed by atoms with Gasteiger partial charge in [0.1, 0.15) is 6.73 Å². The zero-order valence-corrected chi connectivity index (χ0v) is 6.89. The number of rotatable bonds is 3. The van der Waals surface area contributed by atoms with Crippen molar-refractivity contribution in [3.63, 3.8) is 0 Å². The molecule has 1 aromatic heterocycles. The van der Waals surface area contributed by atoms with Gasteiger partial charge in [-0.25, -0.2) is 4.98 Å². The SMILES string of the molecule is COCn1ccnc1SC. The van der Waals surface area contributed by atoms with Gasteiger partial charge in [0.05, 0.1) is 0 Å². The molecule has 0 fully saturated rings. The highest BCUT2D eigenvalue weighted by Crippen LogP contribution is 2.10. The summed E-state index contributed by atoms with van der Waals surface area (Å²) in [5.74, 6) is 0. The summed E-state index contributed by atoms with van der Waals surface area (Å²) in [6.07, 6.45) is 5.66. The highest BCUT2D eigenvalue weighted by atomic mass is 32.2. The molecule has 0 N–H and O–H groups in total. The lowest BCUT2D eigenvalue weighted by Crippen LogP contribution is -1.99. The molecule has 0 saturated carbocycles. The number of methoxy groups -OCH3 is 1. The van der Waals surface area contributed by atoms with E-state index in [1.165, 1.54) is 0 Å². The van der Waals surface area contributed by atoms with E-state index < -0.39 is 0 Å². The Morgan fingerprint density at radius 3 is 3.20 bits per heavy atom. The molecule has 0 bridgehead atoms. The minimum atomic E-state index is 0.580. The minimum Gasteiger partial charge on any atom is -0.364 e. The van der Waals surface area contributed by atoms with Gasteiger partial charge in [-0.15, -0.1) is 0 Å². The van der Waals surface area contributed by atoms with E-state index in [0.717, 1.165) is 5.16 Å². The van der Waals surface area contributed by atoms with Crippen molar-refractivity contribution in [3.05, 3.63) is 12.4 Å². The Bertz CT molecular complexity index is 199. The maximum Gasteiger partial charge on any atom is 0.169 e. The standard InChI is InChI=1S/C6H10N2OS/c1-9-5-8-4-3-7-6(8)10-2/h3-4H,5H2,1-2H3. The summed E-state index contributed by atoms with van der Waals surface area (Å²) in [7, 11) is 1.67. The van der Waals surface area contributed by atoms with Crippen molar-refractivity contribution < 1.29 is 4.74 Å². The van der Waals surface area contributed by atoms with Gasteiger partial charge in [-0.05, 0) is 6.26 Å². The Morgan fingerprint density at radius 1 is 1.80 bits per heavy atom. The summed E-state index contributed by atoms with van der Waals surface area (Å²) in [4.78, 5) is 4.10. The van der Waals surface area contributed by atoms with E-state index in [-0.39, 0.29) is 0 Å². The van der Waals surface area contributed by atoms with Gasteiger partial charge < -0.3 is 9.30 Å². The van der Waals surface area contributed by atoms with Crippen LogP contribution >= 0.6 is 11.8 Å². The lowest BCUT2D eigenvalue weighted by atomic mass is 10.9. The number of hydrogen-bond acceptors (Lipinski definition) is 3. The Balaban J connectivity index is 2.70. The summed E-state index contributed by atoms with van der Waals surface area (Å²) in [6.45, 7) is 0.580. The van der Waals surface area contributed by atoms with Crippen molar-refractivity contribution in [2.45, 2.75) is 11.9 Å². The van der Waals surface area contributed by atoms with Crippen LogP contribution in [0.1, 0.15) is 0 Å². The average Bonchev–Trinajstić information content (AvgIpc) is 2.36. The van der Waals surface area contributed by atoms with Gasteiger partial charge in [0.2, 0.25) is 0 Å². The Labute approximate surface area is 64.4 Å². The number of thioether (sulfide) groups is 1. The van der Waals surface area contributed by atoms with E-state index in [0.29, 0.717) is 6.73 Å². The van der Waals surface area contributed by atoms with Gasteiger partial charge in [0.25, 0.3) is 0 Å². The third kappa shape index (κ3) is 1.52. The second-order valence-electron chi connectivity index (χ2n) is 1.80. The summed E-state index contributed by atoms with van der Waals surface area (Å²) in [5, 5.41) is 0.988. The van der Waals surface area contributed by atoms with Crippen molar-refractivity contribution in [3.8, 4) is 0 Å². The third-order valence-electron chi connectivity index (χ3n) is 1.13. The predicted molar refractivity (Wildman–Crippen MR) is 41.0 cm³/mol. The van der Waals surface area contributed by atoms with Gasteiger partial charge in [0.15, 0.2) is 5.16 Å².